The van der Waals surface area contributed by atoms with Crippen LogP contribution in [-0.4, -0.2) is 29.0 Å². The Morgan fingerprint density at radius 3 is 3.11 bits per heavy atom. The maximum atomic E-state index is 13.2. The predicted octanol–water partition coefficient (Wildman–Crippen LogP) is 2.60. The molecule has 1 aliphatic heterocycles. The molecule has 5 heteroatoms. The molecule has 0 radical (unpaired) electrons. The number of thiazole rings is 1. The Bertz CT molecular complexity index is 583. The molecule has 3 rings (SSSR count). The first-order chi connectivity index (χ1) is 9.15. The van der Waals surface area contributed by atoms with Gasteiger partial charge in [0.25, 0.3) is 0 Å². The molecule has 2 atom stereocenters. The van der Waals surface area contributed by atoms with Crippen molar-refractivity contribution in [3.8, 4) is 0 Å². The SMILES string of the molecule is CC1CC(CN)CN1Cc1nc2ccc(F)cc2s1. The summed E-state index contributed by atoms with van der Waals surface area (Å²) in [4.78, 5) is 7.00. The molecule has 2 aromatic rings. The lowest BCUT2D eigenvalue weighted by Crippen LogP contribution is -2.27. The number of likely N-dealkylation sites (tertiary alicyclic amines) is 1. The van der Waals surface area contributed by atoms with Crippen molar-refractivity contribution in [1.29, 1.82) is 0 Å². The molecule has 0 aliphatic carbocycles. The summed E-state index contributed by atoms with van der Waals surface area (Å²) in [6.45, 7) is 4.88. The van der Waals surface area contributed by atoms with E-state index in [0.717, 1.165) is 41.3 Å². The summed E-state index contributed by atoms with van der Waals surface area (Å²) in [5.74, 6) is 0.405. The molecule has 0 saturated carbocycles. The van der Waals surface area contributed by atoms with Crippen molar-refractivity contribution in [2.24, 2.45) is 11.7 Å². The van der Waals surface area contributed by atoms with Gasteiger partial charge in [0.2, 0.25) is 0 Å². The first kappa shape index (κ1) is 13.0. The van der Waals surface area contributed by atoms with Crippen LogP contribution in [0.3, 0.4) is 0 Å². The number of aromatic nitrogens is 1. The van der Waals surface area contributed by atoms with E-state index in [2.05, 4.69) is 16.8 Å². The third-order valence-corrected chi connectivity index (χ3v) is 4.86. The van der Waals surface area contributed by atoms with Crippen molar-refractivity contribution in [3.05, 3.63) is 29.0 Å². The van der Waals surface area contributed by atoms with Crippen molar-refractivity contribution in [3.63, 3.8) is 0 Å². The number of benzene rings is 1. The maximum absolute atomic E-state index is 13.2. The largest absolute Gasteiger partial charge is 0.330 e. The summed E-state index contributed by atoms with van der Waals surface area (Å²) in [5, 5.41) is 1.06. The van der Waals surface area contributed by atoms with Crippen LogP contribution in [0.4, 0.5) is 4.39 Å². The quantitative estimate of drug-likeness (QED) is 0.939. The van der Waals surface area contributed by atoms with Crippen LogP contribution >= 0.6 is 11.3 Å². The summed E-state index contributed by atoms with van der Waals surface area (Å²) >= 11 is 1.59. The molecular formula is C14H18FN3S. The van der Waals surface area contributed by atoms with Gasteiger partial charge in [-0.25, -0.2) is 9.37 Å². The van der Waals surface area contributed by atoms with E-state index in [0.29, 0.717) is 12.0 Å². The Kier molecular flexibility index (Phi) is 3.52. The molecule has 2 N–H and O–H groups in total. The predicted molar refractivity (Wildman–Crippen MR) is 76.6 cm³/mol. The van der Waals surface area contributed by atoms with Crippen molar-refractivity contribution in [2.75, 3.05) is 13.1 Å². The van der Waals surface area contributed by atoms with E-state index in [9.17, 15) is 4.39 Å². The second kappa shape index (κ2) is 5.15. The molecule has 1 aromatic heterocycles. The standard InChI is InChI=1S/C14H18FN3S/c1-9-4-10(6-16)7-18(9)8-14-17-12-3-2-11(15)5-13(12)19-14/h2-3,5,9-10H,4,6-8,16H2,1H3. The van der Waals surface area contributed by atoms with Gasteiger partial charge in [-0.1, -0.05) is 0 Å². The van der Waals surface area contributed by atoms with E-state index < -0.39 is 0 Å². The molecular weight excluding hydrogens is 261 g/mol. The molecule has 1 aromatic carbocycles. The van der Waals surface area contributed by atoms with Crippen molar-refractivity contribution < 1.29 is 4.39 Å². The zero-order chi connectivity index (χ0) is 13.4. The highest BCUT2D eigenvalue weighted by Gasteiger charge is 2.28. The fourth-order valence-electron chi connectivity index (χ4n) is 2.80. The van der Waals surface area contributed by atoms with Gasteiger partial charge < -0.3 is 5.73 Å². The lowest BCUT2D eigenvalue weighted by molar-refractivity contribution is 0.255. The smallest absolute Gasteiger partial charge is 0.124 e. The summed E-state index contributed by atoms with van der Waals surface area (Å²) in [6, 6.07) is 5.33. The van der Waals surface area contributed by atoms with Crippen LogP contribution < -0.4 is 5.73 Å². The van der Waals surface area contributed by atoms with Crippen molar-refractivity contribution in [1.82, 2.24) is 9.88 Å². The van der Waals surface area contributed by atoms with Gasteiger partial charge in [0.1, 0.15) is 10.8 Å². The van der Waals surface area contributed by atoms with E-state index in [4.69, 9.17) is 5.73 Å². The van der Waals surface area contributed by atoms with Crippen LogP contribution in [0.5, 0.6) is 0 Å². The Labute approximate surface area is 116 Å². The molecule has 0 spiro atoms. The summed E-state index contributed by atoms with van der Waals surface area (Å²) in [5.41, 5.74) is 6.64. The van der Waals surface area contributed by atoms with Gasteiger partial charge in [-0.15, -0.1) is 11.3 Å². The van der Waals surface area contributed by atoms with Crippen LogP contribution in [0.2, 0.25) is 0 Å². The Morgan fingerprint density at radius 2 is 2.37 bits per heavy atom. The van der Waals surface area contributed by atoms with E-state index in [1.807, 2.05) is 0 Å². The Morgan fingerprint density at radius 1 is 1.53 bits per heavy atom. The lowest BCUT2D eigenvalue weighted by Gasteiger charge is -2.19. The zero-order valence-corrected chi connectivity index (χ0v) is 11.8. The summed E-state index contributed by atoms with van der Waals surface area (Å²) in [7, 11) is 0. The molecule has 2 unspecified atom stereocenters. The minimum Gasteiger partial charge on any atom is -0.330 e. The maximum Gasteiger partial charge on any atom is 0.124 e. The fraction of sp³-hybridized carbons (Fsp3) is 0.500. The Hall–Kier alpha value is -1.04. The monoisotopic (exact) mass is 279 g/mol. The van der Waals surface area contributed by atoms with Crippen LogP contribution in [0, 0.1) is 11.7 Å². The number of nitrogens with two attached hydrogens (primary N) is 1. The van der Waals surface area contributed by atoms with Gasteiger partial charge in [0.15, 0.2) is 0 Å². The molecule has 0 bridgehead atoms. The average Bonchev–Trinajstić information content (AvgIpc) is 2.93. The number of halogens is 1. The third-order valence-electron chi connectivity index (χ3n) is 3.86. The van der Waals surface area contributed by atoms with Crippen LogP contribution in [-0.2, 0) is 6.54 Å². The van der Waals surface area contributed by atoms with Crippen LogP contribution in [0.15, 0.2) is 18.2 Å². The number of rotatable bonds is 3. The molecule has 0 amide bonds. The first-order valence-corrected chi connectivity index (χ1v) is 7.46. The number of hydrogen-bond donors (Lipinski definition) is 1. The Balaban J connectivity index is 1.78. The normalized spacial score (nSPS) is 24.4. The highest BCUT2D eigenvalue weighted by molar-refractivity contribution is 7.18. The van der Waals surface area contributed by atoms with Gasteiger partial charge in [-0.3, -0.25) is 4.90 Å². The highest BCUT2D eigenvalue weighted by Crippen LogP contribution is 2.28. The molecule has 19 heavy (non-hydrogen) atoms. The first-order valence-electron chi connectivity index (χ1n) is 6.65. The van der Waals surface area contributed by atoms with Gasteiger partial charge in [-0.2, -0.15) is 0 Å². The topological polar surface area (TPSA) is 42.1 Å². The number of nitrogens with zero attached hydrogens (tertiary/aromatic N) is 2. The second-order valence-corrected chi connectivity index (χ2v) is 6.45. The van der Waals surface area contributed by atoms with Gasteiger partial charge in [0.05, 0.1) is 16.8 Å². The third kappa shape index (κ3) is 2.63. The van der Waals surface area contributed by atoms with Crippen LogP contribution in [0.1, 0.15) is 18.4 Å². The lowest BCUT2D eigenvalue weighted by atomic mass is 10.1. The molecule has 1 saturated heterocycles. The summed E-state index contributed by atoms with van der Waals surface area (Å²) < 4.78 is 14.1. The van der Waals surface area contributed by atoms with E-state index >= 15 is 0 Å². The fourth-order valence-corrected chi connectivity index (χ4v) is 3.81. The minimum absolute atomic E-state index is 0.194. The van der Waals surface area contributed by atoms with Gasteiger partial charge in [0, 0.05) is 12.6 Å². The molecule has 1 fully saturated rings. The number of hydrogen-bond acceptors (Lipinski definition) is 4. The molecule has 2 heterocycles. The van der Waals surface area contributed by atoms with E-state index in [1.165, 1.54) is 6.07 Å². The molecule has 3 nitrogen and oxygen atoms in total. The average molecular weight is 279 g/mol. The minimum atomic E-state index is -0.194. The van der Waals surface area contributed by atoms with E-state index in [-0.39, 0.29) is 5.82 Å². The highest BCUT2D eigenvalue weighted by atomic mass is 32.1. The number of fused-ring (bicyclic) bond motifs is 1. The zero-order valence-electron chi connectivity index (χ0n) is 11.0. The summed E-state index contributed by atoms with van der Waals surface area (Å²) in [6.07, 6.45) is 1.16. The molecule has 1 aliphatic rings. The van der Waals surface area contributed by atoms with Gasteiger partial charge in [-0.05, 0) is 44.0 Å². The second-order valence-electron chi connectivity index (χ2n) is 5.34. The van der Waals surface area contributed by atoms with Crippen LogP contribution in [0.25, 0.3) is 10.2 Å². The van der Waals surface area contributed by atoms with Crippen molar-refractivity contribution >= 4 is 21.6 Å². The van der Waals surface area contributed by atoms with E-state index in [1.54, 1.807) is 23.5 Å². The van der Waals surface area contributed by atoms with Crippen molar-refractivity contribution in [2.45, 2.75) is 25.9 Å². The molecule has 102 valence electrons. The van der Waals surface area contributed by atoms with Gasteiger partial charge >= 0.3 is 0 Å².